The fourth-order valence-electron chi connectivity index (χ4n) is 2.22. The number of rotatable bonds is 7. The van der Waals surface area contributed by atoms with Gasteiger partial charge in [-0.3, -0.25) is 0 Å². The molecule has 0 radical (unpaired) electrons. The Morgan fingerprint density at radius 3 is 2.81 bits per heavy atom. The maximum absolute atomic E-state index is 11.7. The summed E-state index contributed by atoms with van der Waals surface area (Å²) in [5.74, 6) is 0.0891. The number of aliphatic hydroxyl groups excluding tert-OH is 1. The lowest BCUT2D eigenvalue weighted by Crippen LogP contribution is -2.41. The van der Waals surface area contributed by atoms with Crippen LogP contribution in [0.1, 0.15) is 24.5 Å². The molecule has 0 aliphatic heterocycles. The topological polar surface area (TPSA) is 90.8 Å². The second-order valence-corrected chi connectivity index (χ2v) is 5.61. The smallest absolute Gasteiger partial charge is 0.314 e. The molecule has 1 aliphatic carbocycles. The van der Waals surface area contributed by atoms with Gasteiger partial charge in [-0.2, -0.15) is 0 Å². The van der Waals surface area contributed by atoms with Crippen LogP contribution in [-0.2, 0) is 4.74 Å². The summed E-state index contributed by atoms with van der Waals surface area (Å²) in [5.41, 5.74) is 0.656. The molecular formula is C15H22N2O4. The molecule has 1 aliphatic rings. The Balaban J connectivity index is 1.71. The molecule has 0 bridgehead atoms. The van der Waals surface area contributed by atoms with E-state index < -0.39 is 6.10 Å². The minimum Gasteiger partial charge on any atom is -0.508 e. The fraction of sp³-hybridized carbons (Fsp3) is 0.533. The molecule has 0 unspecified atom stereocenters. The lowest BCUT2D eigenvalue weighted by atomic mass is 10.1. The predicted octanol–water partition coefficient (Wildman–Crippen LogP) is 1.15. The average molecular weight is 294 g/mol. The summed E-state index contributed by atoms with van der Waals surface area (Å²) in [6.07, 6.45) is 1.27. The molecule has 1 saturated carbocycles. The van der Waals surface area contributed by atoms with Gasteiger partial charge >= 0.3 is 6.03 Å². The summed E-state index contributed by atoms with van der Waals surface area (Å²) in [6.45, 7) is 1.32. The highest BCUT2D eigenvalue weighted by Crippen LogP contribution is 2.44. The number of carbonyl (C=O) groups is 1. The van der Waals surface area contributed by atoms with Crippen molar-refractivity contribution in [2.24, 2.45) is 5.41 Å². The Bertz CT molecular complexity index is 488. The van der Waals surface area contributed by atoms with Crippen LogP contribution in [0.2, 0.25) is 0 Å². The molecule has 0 spiro atoms. The van der Waals surface area contributed by atoms with Crippen LogP contribution in [0.25, 0.3) is 0 Å². The van der Waals surface area contributed by atoms with Crippen LogP contribution >= 0.6 is 0 Å². The van der Waals surface area contributed by atoms with Crippen LogP contribution in [0.5, 0.6) is 5.75 Å². The van der Waals surface area contributed by atoms with Gasteiger partial charge in [-0.15, -0.1) is 0 Å². The number of phenolic OH excluding ortho intramolecular Hbond substituents is 1. The van der Waals surface area contributed by atoms with Crippen LogP contribution in [-0.4, -0.2) is 43.1 Å². The van der Waals surface area contributed by atoms with E-state index in [4.69, 9.17) is 4.74 Å². The maximum atomic E-state index is 11.7. The van der Waals surface area contributed by atoms with Crippen molar-refractivity contribution in [3.05, 3.63) is 29.8 Å². The van der Waals surface area contributed by atoms with Gasteiger partial charge in [0.25, 0.3) is 0 Å². The van der Waals surface area contributed by atoms with Crippen molar-refractivity contribution in [3.8, 4) is 5.75 Å². The first kappa shape index (κ1) is 15.6. The van der Waals surface area contributed by atoms with E-state index in [-0.39, 0.29) is 23.7 Å². The van der Waals surface area contributed by atoms with Crippen molar-refractivity contribution >= 4 is 6.03 Å². The predicted molar refractivity (Wildman–Crippen MR) is 78.0 cm³/mol. The third-order valence-corrected chi connectivity index (χ3v) is 3.74. The molecule has 2 amide bonds. The number of aromatic hydroxyl groups is 1. The molecule has 6 heteroatoms. The van der Waals surface area contributed by atoms with E-state index in [1.807, 2.05) is 0 Å². The SMILES string of the molecule is COCC1(CNC(=O)NC[C@H](O)c2cccc(O)c2)CC1. The largest absolute Gasteiger partial charge is 0.508 e. The van der Waals surface area contributed by atoms with Gasteiger partial charge in [0.15, 0.2) is 0 Å². The zero-order valence-electron chi connectivity index (χ0n) is 12.1. The van der Waals surface area contributed by atoms with E-state index >= 15 is 0 Å². The van der Waals surface area contributed by atoms with E-state index in [9.17, 15) is 15.0 Å². The molecule has 0 heterocycles. The van der Waals surface area contributed by atoms with Crippen LogP contribution in [0, 0.1) is 5.41 Å². The summed E-state index contributed by atoms with van der Waals surface area (Å²) < 4.78 is 5.13. The molecule has 116 valence electrons. The summed E-state index contributed by atoms with van der Waals surface area (Å²) in [5, 5.41) is 24.7. The number of benzene rings is 1. The molecule has 1 aromatic carbocycles. The first-order valence-corrected chi connectivity index (χ1v) is 7.02. The summed E-state index contributed by atoms with van der Waals surface area (Å²) in [6, 6.07) is 6.04. The van der Waals surface area contributed by atoms with Crippen LogP contribution in [0.3, 0.4) is 0 Å². The molecule has 0 saturated heterocycles. The summed E-state index contributed by atoms with van der Waals surface area (Å²) in [4.78, 5) is 11.7. The number of methoxy groups -OCH3 is 1. The highest BCUT2D eigenvalue weighted by Gasteiger charge is 2.42. The second-order valence-electron chi connectivity index (χ2n) is 5.61. The van der Waals surface area contributed by atoms with Crippen molar-refractivity contribution < 1.29 is 19.7 Å². The molecule has 1 aromatic rings. The van der Waals surface area contributed by atoms with E-state index in [0.717, 1.165) is 12.8 Å². The zero-order chi connectivity index (χ0) is 15.3. The maximum Gasteiger partial charge on any atom is 0.314 e. The highest BCUT2D eigenvalue weighted by molar-refractivity contribution is 5.73. The van der Waals surface area contributed by atoms with Crippen LogP contribution in [0.15, 0.2) is 24.3 Å². The van der Waals surface area contributed by atoms with Gasteiger partial charge in [-0.05, 0) is 30.5 Å². The third kappa shape index (κ3) is 4.61. The van der Waals surface area contributed by atoms with E-state index in [1.54, 1.807) is 19.2 Å². The number of hydrogen-bond donors (Lipinski definition) is 4. The number of carbonyl (C=O) groups excluding carboxylic acids is 1. The lowest BCUT2D eigenvalue weighted by molar-refractivity contribution is 0.139. The zero-order valence-corrected chi connectivity index (χ0v) is 12.1. The van der Waals surface area contributed by atoms with Gasteiger partial charge in [0.1, 0.15) is 5.75 Å². The van der Waals surface area contributed by atoms with E-state index in [0.29, 0.717) is 18.7 Å². The lowest BCUT2D eigenvalue weighted by Gasteiger charge is -2.16. The average Bonchev–Trinajstić information content (AvgIpc) is 3.23. The van der Waals surface area contributed by atoms with Gasteiger partial charge in [0.05, 0.1) is 12.7 Å². The van der Waals surface area contributed by atoms with Gasteiger partial charge in [0.2, 0.25) is 0 Å². The number of urea groups is 1. The minimum absolute atomic E-state index is 0.0891. The second kappa shape index (κ2) is 6.78. The monoisotopic (exact) mass is 294 g/mol. The van der Waals surface area contributed by atoms with Crippen molar-refractivity contribution in [1.82, 2.24) is 10.6 Å². The van der Waals surface area contributed by atoms with E-state index in [2.05, 4.69) is 10.6 Å². The Hall–Kier alpha value is -1.79. The molecule has 0 aromatic heterocycles. The summed E-state index contributed by atoms with van der Waals surface area (Å²) >= 11 is 0. The minimum atomic E-state index is -0.850. The van der Waals surface area contributed by atoms with Crippen molar-refractivity contribution in [2.75, 3.05) is 26.8 Å². The molecule has 4 N–H and O–H groups in total. The van der Waals surface area contributed by atoms with Gasteiger partial charge in [-0.1, -0.05) is 12.1 Å². The normalized spacial score (nSPS) is 17.0. The fourth-order valence-corrected chi connectivity index (χ4v) is 2.22. The number of amides is 2. The number of aliphatic hydroxyl groups is 1. The molecule has 6 nitrogen and oxygen atoms in total. The highest BCUT2D eigenvalue weighted by atomic mass is 16.5. The number of nitrogens with one attached hydrogen (secondary N) is 2. The first-order valence-electron chi connectivity index (χ1n) is 7.02. The first-order chi connectivity index (χ1) is 10.0. The summed E-state index contributed by atoms with van der Waals surface area (Å²) in [7, 11) is 1.66. The Morgan fingerprint density at radius 2 is 2.19 bits per heavy atom. The van der Waals surface area contributed by atoms with Crippen LogP contribution < -0.4 is 10.6 Å². The standard InChI is InChI=1S/C15H22N2O4/c1-21-10-15(5-6-15)9-17-14(20)16-8-13(19)11-3-2-4-12(18)7-11/h2-4,7,13,18-19H,5-6,8-10H2,1H3,(H2,16,17,20)/t13-/m0/s1. The molecular weight excluding hydrogens is 272 g/mol. The Morgan fingerprint density at radius 1 is 1.43 bits per heavy atom. The van der Waals surface area contributed by atoms with Gasteiger partial charge in [-0.25, -0.2) is 4.79 Å². The van der Waals surface area contributed by atoms with Gasteiger partial charge < -0.3 is 25.6 Å². The third-order valence-electron chi connectivity index (χ3n) is 3.74. The van der Waals surface area contributed by atoms with E-state index in [1.165, 1.54) is 12.1 Å². The molecule has 21 heavy (non-hydrogen) atoms. The molecule has 1 atom stereocenters. The number of phenols is 1. The molecule has 1 fully saturated rings. The quantitative estimate of drug-likeness (QED) is 0.607. The van der Waals surface area contributed by atoms with Crippen molar-refractivity contribution in [3.63, 3.8) is 0 Å². The van der Waals surface area contributed by atoms with Gasteiger partial charge in [0, 0.05) is 25.6 Å². The Labute approximate surface area is 124 Å². The molecule has 2 rings (SSSR count). The van der Waals surface area contributed by atoms with Crippen LogP contribution in [0.4, 0.5) is 4.79 Å². The van der Waals surface area contributed by atoms with Crippen molar-refractivity contribution in [1.29, 1.82) is 0 Å². The van der Waals surface area contributed by atoms with Crippen molar-refractivity contribution in [2.45, 2.75) is 18.9 Å². The number of hydrogen-bond acceptors (Lipinski definition) is 4. The number of ether oxygens (including phenoxy) is 1. The Kier molecular flexibility index (Phi) is 5.03.